The van der Waals surface area contributed by atoms with E-state index in [1.165, 1.54) is 45.1 Å². The summed E-state index contributed by atoms with van der Waals surface area (Å²) in [6, 6.07) is 0.852. The highest BCUT2D eigenvalue weighted by molar-refractivity contribution is 4.94. The van der Waals surface area contributed by atoms with E-state index in [2.05, 4.69) is 5.32 Å². The monoisotopic (exact) mass is 209 g/mol. The van der Waals surface area contributed by atoms with Gasteiger partial charge in [-0.2, -0.15) is 0 Å². The first-order chi connectivity index (χ1) is 7.42. The molecule has 1 saturated heterocycles. The molecular weight excluding hydrogens is 186 g/mol. The van der Waals surface area contributed by atoms with E-state index in [0.717, 1.165) is 37.0 Å². The van der Waals surface area contributed by atoms with E-state index in [1.54, 1.807) is 0 Å². The summed E-state index contributed by atoms with van der Waals surface area (Å²) in [4.78, 5) is 0. The van der Waals surface area contributed by atoms with Gasteiger partial charge in [-0.05, 0) is 49.9 Å². The van der Waals surface area contributed by atoms with Crippen molar-refractivity contribution in [3.8, 4) is 0 Å². The lowest BCUT2D eigenvalue weighted by Gasteiger charge is -2.27. The van der Waals surface area contributed by atoms with Crippen LogP contribution < -0.4 is 5.32 Å². The molecule has 0 radical (unpaired) electrons. The molecule has 0 aromatic heterocycles. The molecule has 3 aliphatic rings. The van der Waals surface area contributed by atoms with Crippen LogP contribution in [-0.4, -0.2) is 25.8 Å². The molecule has 0 aromatic carbocycles. The minimum Gasteiger partial charge on any atom is -0.381 e. The number of hydrogen-bond donors (Lipinski definition) is 1. The fourth-order valence-corrected chi connectivity index (χ4v) is 3.78. The minimum absolute atomic E-state index is 0.790. The Kier molecular flexibility index (Phi) is 2.98. The summed E-state index contributed by atoms with van der Waals surface area (Å²) >= 11 is 0. The van der Waals surface area contributed by atoms with Crippen molar-refractivity contribution in [3.63, 3.8) is 0 Å². The molecule has 2 aliphatic carbocycles. The zero-order valence-corrected chi connectivity index (χ0v) is 9.58. The van der Waals surface area contributed by atoms with Gasteiger partial charge < -0.3 is 10.1 Å². The van der Waals surface area contributed by atoms with Crippen LogP contribution in [0.2, 0.25) is 0 Å². The first-order valence-electron chi connectivity index (χ1n) is 6.73. The first kappa shape index (κ1) is 10.1. The number of nitrogens with one attached hydrogen (secondary N) is 1. The molecule has 86 valence electrons. The summed E-state index contributed by atoms with van der Waals surface area (Å²) in [5.74, 6) is 2.87. The Morgan fingerprint density at radius 2 is 2.13 bits per heavy atom. The predicted molar refractivity (Wildman–Crippen MR) is 60.8 cm³/mol. The summed E-state index contributed by atoms with van der Waals surface area (Å²) in [7, 11) is 0. The quantitative estimate of drug-likeness (QED) is 0.769. The second kappa shape index (κ2) is 4.42. The molecule has 4 unspecified atom stereocenters. The van der Waals surface area contributed by atoms with Crippen LogP contribution in [0.1, 0.15) is 38.5 Å². The smallest absolute Gasteiger partial charge is 0.0506 e. The van der Waals surface area contributed by atoms with Crippen LogP contribution in [0.5, 0.6) is 0 Å². The highest BCUT2D eigenvalue weighted by Crippen LogP contribution is 2.44. The van der Waals surface area contributed by atoms with Gasteiger partial charge in [-0.15, -0.1) is 0 Å². The van der Waals surface area contributed by atoms with E-state index in [0.29, 0.717) is 0 Å². The van der Waals surface area contributed by atoms with E-state index in [4.69, 9.17) is 4.74 Å². The second-order valence-corrected chi connectivity index (χ2v) is 5.77. The Balaban J connectivity index is 1.42. The van der Waals surface area contributed by atoms with Crippen LogP contribution in [0, 0.1) is 17.8 Å². The lowest BCUT2D eigenvalue weighted by Crippen LogP contribution is -2.39. The standard InChI is InChI=1S/C13H23NO/c1-2-11(9-15-5-1)8-14-13-7-10-3-4-12(13)6-10/h10-14H,1-9H2. The molecule has 2 saturated carbocycles. The third-order valence-electron chi connectivity index (χ3n) is 4.66. The maximum atomic E-state index is 5.52. The van der Waals surface area contributed by atoms with Gasteiger partial charge in [0.2, 0.25) is 0 Å². The van der Waals surface area contributed by atoms with E-state index in [-0.39, 0.29) is 0 Å². The maximum absolute atomic E-state index is 5.52. The van der Waals surface area contributed by atoms with Gasteiger partial charge in [0.25, 0.3) is 0 Å². The van der Waals surface area contributed by atoms with Crippen LogP contribution in [0.3, 0.4) is 0 Å². The van der Waals surface area contributed by atoms with Crippen molar-refractivity contribution in [2.75, 3.05) is 19.8 Å². The van der Waals surface area contributed by atoms with Crippen LogP contribution in [0.4, 0.5) is 0 Å². The molecule has 1 heterocycles. The van der Waals surface area contributed by atoms with Crippen molar-refractivity contribution in [1.29, 1.82) is 0 Å². The summed E-state index contributed by atoms with van der Waals surface area (Å²) in [5, 5.41) is 3.80. The largest absolute Gasteiger partial charge is 0.381 e. The lowest BCUT2D eigenvalue weighted by molar-refractivity contribution is 0.0530. The molecule has 2 heteroatoms. The fraction of sp³-hybridized carbons (Fsp3) is 1.00. The van der Waals surface area contributed by atoms with Gasteiger partial charge in [-0.3, -0.25) is 0 Å². The van der Waals surface area contributed by atoms with Gasteiger partial charge in [0, 0.05) is 19.2 Å². The molecule has 3 rings (SSSR count). The zero-order valence-electron chi connectivity index (χ0n) is 9.58. The average Bonchev–Trinajstić information content (AvgIpc) is 2.89. The second-order valence-electron chi connectivity index (χ2n) is 5.77. The van der Waals surface area contributed by atoms with Gasteiger partial charge in [0.05, 0.1) is 6.61 Å². The van der Waals surface area contributed by atoms with Crippen molar-refractivity contribution in [1.82, 2.24) is 5.32 Å². The Morgan fingerprint density at radius 3 is 2.80 bits per heavy atom. The molecule has 2 bridgehead atoms. The molecule has 0 aromatic rings. The molecule has 1 N–H and O–H groups in total. The van der Waals surface area contributed by atoms with Gasteiger partial charge in [0.15, 0.2) is 0 Å². The van der Waals surface area contributed by atoms with Crippen molar-refractivity contribution < 1.29 is 4.74 Å². The van der Waals surface area contributed by atoms with E-state index >= 15 is 0 Å². The number of ether oxygens (including phenoxy) is 1. The van der Waals surface area contributed by atoms with Gasteiger partial charge in [-0.1, -0.05) is 6.42 Å². The van der Waals surface area contributed by atoms with Crippen LogP contribution in [-0.2, 0) is 4.74 Å². The van der Waals surface area contributed by atoms with Crippen LogP contribution in [0.25, 0.3) is 0 Å². The van der Waals surface area contributed by atoms with Crippen LogP contribution >= 0.6 is 0 Å². The van der Waals surface area contributed by atoms with Gasteiger partial charge in [-0.25, -0.2) is 0 Å². The van der Waals surface area contributed by atoms with Crippen molar-refractivity contribution in [2.45, 2.75) is 44.6 Å². The summed E-state index contributed by atoms with van der Waals surface area (Å²) in [6.07, 6.45) is 8.60. The molecule has 0 amide bonds. The topological polar surface area (TPSA) is 21.3 Å². The SMILES string of the molecule is C1COCC(CNC2CC3CCC2C3)C1. The minimum atomic E-state index is 0.790. The molecule has 0 spiro atoms. The van der Waals surface area contributed by atoms with E-state index in [1.807, 2.05) is 0 Å². The molecule has 1 aliphatic heterocycles. The van der Waals surface area contributed by atoms with Gasteiger partial charge in [0.1, 0.15) is 0 Å². The number of rotatable bonds is 3. The number of hydrogen-bond acceptors (Lipinski definition) is 2. The van der Waals surface area contributed by atoms with Crippen molar-refractivity contribution in [3.05, 3.63) is 0 Å². The summed E-state index contributed by atoms with van der Waals surface area (Å²) in [6.45, 7) is 3.19. The highest BCUT2D eigenvalue weighted by atomic mass is 16.5. The van der Waals surface area contributed by atoms with Crippen molar-refractivity contribution >= 4 is 0 Å². The zero-order chi connectivity index (χ0) is 10.1. The predicted octanol–water partition coefficient (Wildman–Crippen LogP) is 2.19. The molecule has 15 heavy (non-hydrogen) atoms. The lowest BCUT2D eigenvalue weighted by atomic mass is 9.94. The maximum Gasteiger partial charge on any atom is 0.0506 e. The van der Waals surface area contributed by atoms with Crippen molar-refractivity contribution in [2.24, 2.45) is 17.8 Å². The van der Waals surface area contributed by atoms with E-state index < -0.39 is 0 Å². The molecule has 2 nitrogen and oxygen atoms in total. The van der Waals surface area contributed by atoms with Gasteiger partial charge >= 0.3 is 0 Å². The Labute approximate surface area is 92.8 Å². The highest BCUT2D eigenvalue weighted by Gasteiger charge is 2.39. The first-order valence-corrected chi connectivity index (χ1v) is 6.73. The van der Waals surface area contributed by atoms with E-state index in [9.17, 15) is 0 Å². The number of fused-ring (bicyclic) bond motifs is 2. The molecule has 3 fully saturated rings. The van der Waals surface area contributed by atoms with Crippen LogP contribution in [0.15, 0.2) is 0 Å². The third kappa shape index (κ3) is 2.21. The average molecular weight is 209 g/mol. The summed E-state index contributed by atoms with van der Waals surface area (Å²) in [5.41, 5.74) is 0. The third-order valence-corrected chi connectivity index (χ3v) is 4.66. The summed E-state index contributed by atoms with van der Waals surface area (Å²) < 4.78 is 5.52. The fourth-order valence-electron chi connectivity index (χ4n) is 3.78. The normalized spacial score (nSPS) is 44.8. The molecule has 4 atom stereocenters. The Hall–Kier alpha value is -0.0800. The Bertz CT molecular complexity index is 213. The Morgan fingerprint density at radius 1 is 1.13 bits per heavy atom. The molecular formula is C13H23NO.